The van der Waals surface area contributed by atoms with Crippen LogP contribution < -0.4 is 5.32 Å². The number of ether oxygens (including phenoxy) is 1. The van der Waals surface area contributed by atoms with Crippen LogP contribution in [0.3, 0.4) is 0 Å². The van der Waals surface area contributed by atoms with E-state index >= 15 is 0 Å². The van der Waals surface area contributed by atoms with E-state index in [0.717, 1.165) is 5.56 Å². The van der Waals surface area contributed by atoms with Crippen LogP contribution in [0.15, 0.2) is 36.4 Å². The number of nitrogens with one attached hydrogen (secondary N) is 1. The Kier molecular flexibility index (Phi) is 5.64. The highest BCUT2D eigenvalue weighted by atomic mass is 16.6. The summed E-state index contributed by atoms with van der Waals surface area (Å²) in [5, 5.41) is 40.5. The van der Waals surface area contributed by atoms with E-state index in [1.165, 1.54) is 6.08 Å². The second kappa shape index (κ2) is 7.48. The molecule has 0 saturated carbocycles. The highest BCUT2D eigenvalue weighted by molar-refractivity contribution is 5.91. The van der Waals surface area contributed by atoms with E-state index in [0.29, 0.717) is 0 Å². The highest BCUT2D eigenvalue weighted by Crippen LogP contribution is 2.19. The number of carbonyl (C=O) groups is 1. The Hall–Kier alpha value is -1.77. The number of benzene rings is 1. The van der Waals surface area contributed by atoms with Crippen molar-refractivity contribution in [3.8, 4) is 0 Å². The third-order valence-corrected chi connectivity index (χ3v) is 3.39. The van der Waals surface area contributed by atoms with Crippen molar-refractivity contribution in [1.82, 2.24) is 5.32 Å². The van der Waals surface area contributed by atoms with Crippen LogP contribution in [-0.4, -0.2) is 63.6 Å². The van der Waals surface area contributed by atoms with Gasteiger partial charge in [0.05, 0.1) is 0 Å². The largest absolute Gasteiger partial charge is 0.388 e. The summed E-state index contributed by atoms with van der Waals surface area (Å²) in [7, 11) is 0. The van der Waals surface area contributed by atoms with Gasteiger partial charge in [0.15, 0.2) is 6.29 Å². The molecule has 2 rings (SSSR count). The predicted octanol–water partition coefficient (Wildman–Crippen LogP) is -1.38. The van der Waals surface area contributed by atoms with E-state index in [2.05, 4.69) is 5.32 Å². The molecule has 1 aromatic rings. The Bertz CT molecular complexity index is 520. The zero-order valence-electron chi connectivity index (χ0n) is 11.7. The molecule has 0 bridgehead atoms. The lowest BCUT2D eigenvalue weighted by molar-refractivity contribution is -0.280. The predicted molar refractivity (Wildman–Crippen MR) is 77.4 cm³/mol. The lowest BCUT2D eigenvalue weighted by atomic mass is 9.99. The van der Waals surface area contributed by atoms with Crippen molar-refractivity contribution < 1.29 is 30.0 Å². The first-order valence-corrected chi connectivity index (χ1v) is 6.87. The number of hydrogen-bond acceptors (Lipinski definition) is 6. The zero-order valence-corrected chi connectivity index (χ0v) is 11.7. The molecular weight excluding hydrogens is 290 g/mol. The van der Waals surface area contributed by atoms with Crippen LogP contribution in [0.2, 0.25) is 0 Å². The van der Waals surface area contributed by atoms with Gasteiger partial charge in [0, 0.05) is 12.6 Å². The lowest BCUT2D eigenvalue weighted by Crippen LogP contribution is -2.59. The number of rotatable bonds is 4. The standard InChI is InChI=1S/C15H19NO6/c17-11(7-6-9-4-2-1-3-5-9)16-8-10-12(18)13(19)14(20)15(21)22-10/h1-7,10,12-15,18-21H,8H2,(H,16,17)/b7-6+/t10-,12-,13+,14+,15+/m1/s1. The van der Waals surface area contributed by atoms with Gasteiger partial charge >= 0.3 is 0 Å². The molecule has 22 heavy (non-hydrogen) atoms. The maximum atomic E-state index is 11.7. The average molecular weight is 309 g/mol. The van der Waals surface area contributed by atoms with E-state index in [4.69, 9.17) is 4.74 Å². The summed E-state index contributed by atoms with van der Waals surface area (Å²) < 4.78 is 4.95. The number of aliphatic hydroxyl groups is 4. The summed E-state index contributed by atoms with van der Waals surface area (Å²) >= 11 is 0. The molecule has 1 amide bonds. The Morgan fingerprint density at radius 2 is 1.77 bits per heavy atom. The molecular formula is C15H19NO6. The molecule has 5 N–H and O–H groups in total. The van der Waals surface area contributed by atoms with Gasteiger partial charge in [0.2, 0.25) is 5.91 Å². The Morgan fingerprint density at radius 1 is 1.09 bits per heavy atom. The molecule has 0 spiro atoms. The van der Waals surface area contributed by atoms with Crippen LogP contribution in [0.4, 0.5) is 0 Å². The van der Waals surface area contributed by atoms with Crippen LogP contribution in [0.1, 0.15) is 5.56 Å². The Labute approximate surface area is 127 Å². The molecule has 0 unspecified atom stereocenters. The third kappa shape index (κ3) is 4.12. The summed E-state index contributed by atoms with van der Waals surface area (Å²) in [5.74, 6) is -0.408. The van der Waals surface area contributed by atoms with Crippen LogP contribution in [0.5, 0.6) is 0 Å². The number of carbonyl (C=O) groups excluding carboxylic acids is 1. The van der Waals surface area contributed by atoms with Gasteiger partial charge in [-0.2, -0.15) is 0 Å². The molecule has 7 heteroatoms. The molecule has 1 aliphatic heterocycles. The summed E-state index contributed by atoms with van der Waals surface area (Å²) in [6.45, 7) is -0.111. The third-order valence-electron chi connectivity index (χ3n) is 3.39. The summed E-state index contributed by atoms with van der Waals surface area (Å²) in [6.07, 6.45) is -4.20. The van der Waals surface area contributed by atoms with Gasteiger partial charge < -0.3 is 30.5 Å². The van der Waals surface area contributed by atoms with Gasteiger partial charge in [0.1, 0.15) is 24.4 Å². The fourth-order valence-electron chi connectivity index (χ4n) is 2.10. The van der Waals surface area contributed by atoms with E-state index < -0.39 is 36.6 Å². The average Bonchev–Trinajstić information content (AvgIpc) is 2.54. The van der Waals surface area contributed by atoms with Crippen LogP contribution >= 0.6 is 0 Å². The van der Waals surface area contributed by atoms with Gasteiger partial charge in [-0.3, -0.25) is 4.79 Å². The van der Waals surface area contributed by atoms with Crippen molar-refractivity contribution >= 4 is 12.0 Å². The quantitative estimate of drug-likeness (QED) is 0.437. The van der Waals surface area contributed by atoms with Gasteiger partial charge in [-0.05, 0) is 11.6 Å². The van der Waals surface area contributed by atoms with Crippen molar-refractivity contribution in [3.63, 3.8) is 0 Å². The van der Waals surface area contributed by atoms with E-state index in [9.17, 15) is 25.2 Å². The first kappa shape index (κ1) is 16.6. The monoisotopic (exact) mass is 309 g/mol. The van der Waals surface area contributed by atoms with Crippen molar-refractivity contribution in [1.29, 1.82) is 0 Å². The smallest absolute Gasteiger partial charge is 0.244 e. The van der Waals surface area contributed by atoms with Crippen molar-refractivity contribution in [3.05, 3.63) is 42.0 Å². The minimum Gasteiger partial charge on any atom is -0.388 e. The SMILES string of the molecule is O=C(/C=C/c1ccccc1)NC[C@H]1O[C@H](O)[C@@H](O)[C@@H](O)[C@@H]1O. The number of amides is 1. The molecule has 1 heterocycles. The normalized spacial score (nSPS) is 32.1. The topological polar surface area (TPSA) is 119 Å². The van der Waals surface area contributed by atoms with Crippen molar-refractivity contribution in [2.24, 2.45) is 0 Å². The van der Waals surface area contributed by atoms with Gasteiger partial charge in [0.25, 0.3) is 0 Å². The zero-order chi connectivity index (χ0) is 16.1. The first-order chi connectivity index (χ1) is 10.5. The maximum absolute atomic E-state index is 11.7. The van der Waals surface area contributed by atoms with Crippen LogP contribution in [-0.2, 0) is 9.53 Å². The number of hydrogen-bond donors (Lipinski definition) is 5. The lowest BCUT2D eigenvalue weighted by Gasteiger charge is -2.38. The summed E-state index contributed by atoms with van der Waals surface area (Å²) in [4.78, 5) is 11.7. The molecule has 1 aliphatic rings. The van der Waals surface area contributed by atoms with E-state index in [1.807, 2.05) is 30.3 Å². The second-order valence-corrected chi connectivity index (χ2v) is 5.03. The van der Waals surface area contributed by atoms with Crippen LogP contribution in [0.25, 0.3) is 6.08 Å². The fraction of sp³-hybridized carbons (Fsp3) is 0.400. The number of aliphatic hydroxyl groups excluding tert-OH is 4. The Morgan fingerprint density at radius 3 is 2.45 bits per heavy atom. The molecule has 120 valence electrons. The second-order valence-electron chi connectivity index (χ2n) is 5.03. The van der Waals surface area contributed by atoms with E-state index in [-0.39, 0.29) is 6.54 Å². The molecule has 1 saturated heterocycles. The highest BCUT2D eigenvalue weighted by Gasteiger charge is 2.42. The summed E-state index contributed by atoms with van der Waals surface area (Å²) in [5.41, 5.74) is 0.862. The van der Waals surface area contributed by atoms with Crippen molar-refractivity contribution in [2.45, 2.75) is 30.7 Å². The fourth-order valence-corrected chi connectivity index (χ4v) is 2.10. The molecule has 0 radical (unpaired) electrons. The van der Waals surface area contributed by atoms with E-state index in [1.54, 1.807) is 6.08 Å². The first-order valence-electron chi connectivity index (χ1n) is 6.87. The molecule has 0 aliphatic carbocycles. The molecule has 1 fully saturated rings. The molecule has 1 aromatic carbocycles. The molecule has 0 aromatic heterocycles. The molecule has 5 atom stereocenters. The van der Waals surface area contributed by atoms with Crippen LogP contribution in [0, 0.1) is 0 Å². The van der Waals surface area contributed by atoms with Crippen molar-refractivity contribution in [2.75, 3.05) is 6.54 Å². The minimum atomic E-state index is -1.61. The minimum absolute atomic E-state index is 0.111. The van der Waals surface area contributed by atoms with Gasteiger partial charge in [-0.1, -0.05) is 30.3 Å². The maximum Gasteiger partial charge on any atom is 0.244 e. The Balaban J connectivity index is 1.84. The van der Waals surface area contributed by atoms with Gasteiger partial charge in [-0.15, -0.1) is 0 Å². The molecule has 7 nitrogen and oxygen atoms in total. The van der Waals surface area contributed by atoms with Gasteiger partial charge in [-0.25, -0.2) is 0 Å². The summed E-state index contributed by atoms with van der Waals surface area (Å²) in [6, 6.07) is 9.23.